The molecule has 0 amide bonds. The van der Waals surface area contributed by atoms with Gasteiger partial charge in [0, 0.05) is 0 Å². The lowest BCUT2D eigenvalue weighted by molar-refractivity contribution is -0.274. The Hall–Kier alpha value is -2.75. The van der Waals surface area contributed by atoms with Gasteiger partial charge < -0.3 is 14.9 Å². The maximum atomic E-state index is 12.9. The molecule has 10 heteroatoms. The van der Waals surface area contributed by atoms with Crippen molar-refractivity contribution in [1.29, 1.82) is 0 Å². The number of halogens is 6. The minimum atomic E-state index is -5.02. The molecule has 0 aliphatic carbocycles. The molecule has 1 atom stereocenters. The van der Waals surface area contributed by atoms with Gasteiger partial charge in [0.25, 0.3) is 0 Å². The lowest BCUT2D eigenvalue weighted by atomic mass is 9.93. The third-order valence-electron chi connectivity index (χ3n) is 3.29. The average molecular weight is 380 g/mol. The van der Waals surface area contributed by atoms with Crippen LogP contribution in [0.15, 0.2) is 42.5 Å². The Labute approximate surface area is 142 Å². The number of carboxylic acid groups (broad SMARTS) is 1. The summed E-state index contributed by atoms with van der Waals surface area (Å²) in [5, 5.41) is 18.6. The molecule has 0 fully saturated rings. The van der Waals surface area contributed by atoms with E-state index < -0.39 is 41.5 Å². The van der Waals surface area contributed by atoms with E-state index in [9.17, 15) is 36.2 Å². The lowest BCUT2D eigenvalue weighted by Crippen LogP contribution is -2.17. The van der Waals surface area contributed by atoms with Gasteiger partial charge in [-0.05, 0) is 41.0 Å². The zero-order chi connectivity index (χ0) is 19.7. The molecule has 1 unspecified atom stereocenters. The molecule has 0 heterocycles. The number of aliphatic hydroxyl groups excluding tert-OH is 1. The van der Waals surface area contributed by atoms with Crippen molar-refractivity contribution in [1.82, 2.24) is 0 Å². The number of rotatable bonds is 4. The Morgan fingerprint density at radius 2 is 1.65 bits per heavy atom. The predicted octanol–water partition coefficient (Wildman–Crippen LogP) is 4.39. The summed E-state index contributed by atoms with van der Waals surface area (Å²) in [5.41, 5.74) is -2.14. The molecule has 0 bridgehead atoms. The first kappa shape index (κ1) is 19.6. The Morgan fingerprint density at radius 3 is 2.19 bits per heavy atom. The molecule has 2 rings (SSSR count). The summed E-state index contributed by atoms with van der Waals surface area (Å²) in [6.07, 6.45) is -12.0. The molecule has 0 aromatic heterocycles. The van der Waals surface area contributed by atoms with Crippen LogP contribution < -0.4 is 4.74 Å². The van der Waals surface area contributed by atoms with Crippen LogP contribution >= 0.6 is 0 Å². The van der Waals surface area contributed by atoms with Gasteiger partial charge in [0.2, 0.25) is 0 Å². The summed E-state index contributed by atoms with van der Waals surface area (Å²) in [7, 11) is 0. The molecule has 0 saturated carbocycles. The van der Waals surface area contributed by atoms with E-state index in [1.54, 1.807) is 0 Å². The molecule has 0 aliphatic heterocycles. The Kier molecular flexibility index (Phi) is 5.17. The fourth-order valence-corrected chi connectivity index (χ4v) is 2.21. The molecule has 2 aromatic rings. The summed E-state index contributed by atoms with van der Waals surface area (Å²) in [4.78, 5) is 11.0. The monoisotopic (exact) mass is 380 g/mol. The molecule has 0 aliphatic rings. The van der Waals surface area contributed by atoms with Crippen molar-refractivity contribution >= 4 is 5.97 Å². The quantitative estimate of drug-likeness (QED) is 0.773. The lowest BCUT2D eigenvalue weighted by Gasteiger charge is -2.17. The summed E-state index contributed by atoms with van der Waals surface area (Å²) < 4.78 is 79.4. The van der Waals surface area contributed by atoms with Crippen LogP contribution in [-0.2, 0) is 11.0 Å². The summed E-state index contributed by atoms with van der Waals surface area (Å²) in [6, 6.07) is 5.85. The molecular weight excluding hydrogens is 370 g/mol. The second-order valence-corrected chi connectivity index (χ2v) is 5.12. The van der Waals surface area contributed by atoms with Crippen LogP contribution in [0, 0.1) is 0 Å². The largest absolute Gasteiger partial charge is 0.573 e. The first-order chi connectivity index (χ1) is 11.9. The van der Waals surface area contributed by atoms with Gasteiger partial charge in [-0.2, -0.15) is 13.2 Å². The molecule has 4 nitrogen and oxygen atoms in total. The minimum Gasteiger partial charge on any atom is -0.479 e. The number of aliphatic carboxylic acids is 1. The fraction of sp³-hybridized carbons (Fsp3) is 0.188. The van der Waals surface area contributed by atoms with Crippen LogP contribution in [0.3, 0.4) is 0 Å². The minimum absolute atomic E-state index is 0.187. The zero-order valence-corrected chi connectivity index (χ0v) is 12.6. The Balaban J connectivity index is 2.62. The van der Waals surface area contributed by atoms with Crippen molar-refractivity contribution < 1.29 is 46.1 Å². The van der Waals surface area contributed by atoms with Crippen molar-refractivity contribution in [3.05, 3.63) is 53.6 Å². The van der Waals surface area contributed by atoms with Gasteiger partial charge >= 0.3 is 18.5 Å². The van der Waals surface area contributed by atoms with Crippen molar-refractivity contribution in [2.75, 3.05) is 0 Å². The summed E-state index contributed by atoms with van der Waals surface area (Å²) in [5.74, 6) is -2.43. The van der Waals surface area contributed by atoms with Crippen LogP contribution in [0.5, 0.6) is 5.75 Å². The molecule has 0 saturated heterocycles. The molecule has 0 spiro atoms. The topological polar surface area (TPSA) is 66.8 Å². The van der Waals surface area contributed by atoms with Gasteiger partial charge in [0.15, 0.2) is 6.10 Å². The molecule has 26 heavy (non-hydrogen) atoms. The summed E-state index contributed by atoms with van der Waals surface area (Å²) >= 11 is 0. The number of ether oxygens (including phenoxy) is 1. The highest BCUT2D eigenvalue weighted by atomic mass is 19.4. The zero-order valence-electron chi connectivity index (χ0n) is 12.6. The first-order valence-electron chi connectivity index (χ1n) is 6.86. The van der Waals surface area contributed by atoms with E-state index in [0.717, 1.165) is 30.3 Å². The van der Waals surface area contributed by atoms with Crippen molar-refractivity contribution in [2.45, 2.75) is 18.6 Å². The van der Waals surface area contributed by atoms with E-state index in [0.29, 0.717) is 12.1 Å². The highest BCUT2D eigenvalue weighted by Crippen LogP contribution is 2.37. The van der Waals surface area contributed by atoms with E-state index in [-0.39, 0.29) is 11.1 Å². The second-order valence-electron chi connectivity index (χ2n) is 5.12. The molecule has 0 radical (unpaired) electrons. The number of carboxylic acids is 1. The van der Waals surface area contributed by atoms with Crippen molar-refractivity contribution in [2.24, 2.45) is 0 Å². The average Bonchev–Trinajstić information content (AvgIpc) is 2.51. The van der Waals surface area contributed by atoms with Crippen LogP contribution in [0.4, 0.5) is 26.3 Å². The van der Waals surface area contributed by atoms with E-state index in [4.69, 9.17) is 5.11 Å². The van der Waals surface area contributed by atoms with Gasteiger partial charge in [-0.25, -0.2) is 4.79 Å². The first-order valence-corrected chi connectivity index (χ1v) is 6.86. The van der Waals surface area contributed by atoms with Gasteiger partial charge in [0.05, 0.1) is 5.56 Å². The van der Waals surface area contributed by atoms with Gasteiger partial charge in [-0.3, -0.25) is 0 Å². The molecule has 2 N–H and O–H groups in total. The molecule has 140 valence electrons. The third-order valence-corrected chi connectivity index (χ3v) is 3.29. The highest BCUT2D eigenvalue weighted by Gasteiger charge is 2.33. The van der Waals surface area contributed by atoms with Crippen LogP contribution in [0.2, 0.25) is 0 Å². The van der Waals surface area contributed by atoms with Crippen LogP contribution in [0.1, 0.15) is 17.2 Å². The number of benzene rings is 2. The third kappa shape index (κ3) is 4.66. The van der Waals surface area contributed by atoms with Crippen LogP contribution in [-0.4, -0.2) is 22.5 Å². The number of hydrogen-bond donors (Lipinski definition) is 2. The smallest absolute Gasteiger partial charge is 0.479 e. The Bertz CT molecular complexity index is 813. The number of hydrogen-bond acceptors (Lipinski definition) is 3. The maximum absolute atomic E-state index is 12.9. The number of carbonyl (C=O) groups is 1. The standard InChI is InChI=1S/C16H10F6O4/c17-15(18,19)9-4-5-11(13(23)14(24)25)12(7-9)8-2-1-3-10(6-8)26-16(20,21)22/h1-7,13,23H,(H,24,25). The van der Waals surface area contributed by atoms with Gasteiger partial charge in [-0.15, -0.1) is 13.2 Å². The predicted molar refractivity (Wildman–Crippen MR) is 76.2 cm³/mol. The van der Waals surface area contributed by atoms with Crippen LogP contribution in [0.25, 0.3) is 11.1 Å². The number of alkyl halides is 6. The van der Waals surface area contributed by atoms with Gasteiger partial charge in [-0.1, -0.05) is 18.2 Å². The van der Waals surface area contributed by atoms with E-state index >= 15 is 0 Å². The highest BCUT2D eigenvalue weighted by molar-refractivity contribution is 5.80. The van der Waals surface area contributed by atoms with E-state index in [1.807, 2.05) is 0 Å². The number of aliphatic hydroxyl groups is 1. The second kappa shape index (κ2) is 6.87. The van der Waals surface area contributed by atoms with Crippen molar-refractivity contribution in [3.63, 3.8) is 0 Å². The maximum Gasteiger partial charge on any atom is 0.573 e. The van der Waals surface area contributed by atoms with E-state index in [2.05, 4.69) is 4.74 Å². The SMILES string of the molecule is O=C(O)C(O)c1ccc(C(F)(F)F)cc1-c1cccc(OC(F)(F)F)c1. The van der Waals surface area contributed by atoms with E-state index in [1.165, 1.54) is 0 Å². The molecular formula is C16H10F6O4. The fourth-order valence-electron chi connectivity index (χ4n) is 2.21. The Morgan fingerprint density at radius 1 is 1.00 bits per heavy atom. The summed E-state index contributed by atoms with van der Waals surface area (Å²) in [6.45, 7) is 0. The van der Waals surface area contributed by atoms with Gasteiger partial charge in [0.1, 0.15) is 5.75 Å². The normalized spacial score (nSPS) is 13.3. The molecule has 2 aromatic carbocycles. The van der Waals surface area contributed by atoms with Crippen molar-refractivity contribution in [3.8, 4) is 16.9 Å².